The first-order valence-electron chi connectivity index (χ1n) is 9.07. The normalized spacial score (nSPS) is 10.5. The second-order valence-electron chi connectivity index (χ2n) is 6.53. The molecule has 138 valence electrons. The van der Waals surface area contributed by atoms with E-state index >= 15 is 0 Å². The number of hydrogen-bond acceptors (Lipinski definition) is 4. The summed E-state index contributed by atoms with van der Waals surface area (Å²) in [6, 6.07) is 16.2. The van der Waals surface area contributed by atoms with E-state index in [0.29, 0.717) is 24.6 Å². The van der Waals surface area contributed by atoms with Crippen LogP contribution in [0.15, 0.2) is 60.9 Å². The summed E-state index contributed by atoms with van der Waals surface area (Å²) < 4.78 is 0. The molecule has 0 aliphatic heterocycles. The number of anilines is 2. The van der Waals surface area contributed by atoms with Crippen molar-refractivity contribution >= 4 is 17.5 Å². The van der Waals surface area contributed by atoms with Gasteiger partial charge in [-0.25, -0.2) is 9.97 Å². The van der Waals surface area contributed by atoms with Gasteiger partial charge in [0.1, 0.15) is 0 Å². The molecule has 5 nitrogen and oxygen atoms in total. The smallest absolute Gasteiger partial charge is 0.261 e. The van der Waals surface area contributed by atoms with Gasteiger partial charge in [-0.05, 0) is 44.0 Å². The third-order valence-corrected chi connectivity index (χ3v) is 4.31. The molecule has 1 heterocycles. The van der Waals surface area contributed by atoms with E-state index in [1.165, 1.54) is 5.56 Å². The zero-order chi connectivity index (χ0) is 19.2. The van der Waals surface area contributed by atoms with E-state index in [4.69, 9.17) is 0 Å². The van der Waals surface area contributed by atoms with E-state index in [1.807, 2.05) is 44.2 Å². The number of rotatable bonds is 6. The van der Waals surface area contributed by atoms with Crippen molar-refractivity contribution in [2.24, 2.45) is 0 Å². The molecule has 1 amide bonds. The molecule has 27 heavy (non-hydrogen) atoms. The molecule has 1 N–H and O–H groups in total. The average Bonchev–Trinajstić information content (AvgIpc) is 2.67. The molecule has 0 saturated carbocycles. The van der Waals surface area contributed by atoms with Gasteiger partial charge >= 0.3 is 0 Å². The number of amides is 1. The Bertz CT molecular complexity index is 922. The number of aryl methyl sites for hydroxylation is 2. The molecule has 0 spiro atoms. The first kappa shape index (κ1) is 18.6. The summed E-state index contributed by atoms with van der Waals surface area (Å²) in [5.41, 5.74) is 4.84. The van der Waals surface area contributed by atoms with Crippen molar-refractivity contribution in [2.75, 3.05) is 16.8 Å². The fourth-order valence-electron chi connectivity index (χ4n) is 2.93. The summed E-state index contributed by atoms with van der Waals surface area (Å²) in [4.78, 5) is 23.2. The van der Waals surface area contributed by atoms with Crippen LogP contribution in [0.4, 0.5) is 11.6 Å². The maximum absolute atomic E-state index is 12.8. The molecule has 0 unspecified atom stereocenters. The third-order valence-electron chi connectivity index (χ3n) is 4.31. The Hall–Kier alpha value is -3.21. The van der Waals surface area contributed by atoms with E-state index in [1.54, 1.807) is 17.3 Å². The summed E-state index contributed by atoms with van der Waals surface area (Å²) in [7, 11) is 0. The molecular formula is C22H24N4O. The predicted octanol–water partition coefficient (Wildman–Crippen LogP) is 4.37. The minimum absolute atomic E-state index is 0.103. The van der Waals surface area contributed by atoms with E-state index < -0.39 is 0 Å². The van der Waals surface area contributed by atoms with Crippen LogP contribution in [0, 0.1) is 13.8 Å². The minimum Gasteiger partial charge on any atom is -0.350 e. The van der Waals surface area contributed by atoms with Crippen LogP contribution >= 0.6 is 0 Å². The van der Waals surface area contributed by atoms with Gasteiger partial charge in [-0.15, -0.1) is 0 Å². The van der Waals surface area contributed by atoms with Crippen molar-refractivity contribution in [3.8, 4) is 0 Å². The number of benzene rings is 2. The Morgan fingerprint density at radius 2 is 1.67 bits per heavy atom. The number of carbonyl (C=O) groups is 1. The van der Waals surface area contributed by atoms with Gasteiger partial charge in [-0.1, -0.05) is 42.0 Å². The lowest BCUT2D eigenvalue weighted by atomic mass is 10.1. The Morgan fingerprint density at radius 1 is 1.00 bits per heavy atom. The van der Waals surface area contributed by atoms with Crippen molar-refractivity contribution in [1.82, 2.24) is 9.97 Å². The van der Waals surface area contributed by atoms with Gasteiger partial charge in [-0.3, -0.25) is 4.79 Å². The van der Waals surface area contributed by atoms with Gasteiger partial charge in [0, 0.05) is 31.2 Å². The van der Waals surface area contributed by atoms with Crippen LogP contribution in [0.3, 0.4) is 0 Å². The largest absolute Gasteiger partial charge is 0.350 e. The van der Waals surface area contributed by atoms with Crippen LogP contribution < -0.4 is 10.2 Å². The van der Waals surface area contributed by atoms with Gasteiger partial charge < -0.3 is 10.2 Å². The Morgan fingerprint density at radius 3 is 2.30 bits per heavy atom. The first-order chi connectivity index (χ1) is 13.1. The maximum Gasteiger partial charge on any atom is 0.261 e. The predicted molar refractivity (Wildman–Crippen MR) is 109 cm³/mol. The maximum atomic E-state index is 12.8. The second kappa shape index (κ2) is 8.45. The van der Waals surface area contributed by atoms with Crippen molar-refractivity contribution < 1.29 is 4.79 Å². The SMILES string of the molecule is CCN(C(=O)c1cnc(NCc2cccc(C)c2)nc1)c1cccc(C)c1. The standard InChI is InChI=1S/C22H24N4O/c1-4-26(20-10-6-8-17(3)12-20)21(27)19-14-24-22(25-15-19)23-13-18-9-5-7-16(2)11-18/h5-12,14-15H,4,13H2,1-3H3,(H,23,24,25). The van der Waals surface area contributed by atoms with Crippen molar-refractivity contribution in [3.63, 3.8) is 0 Å². The highest BCUT2D eigenvalue weighted by Crippen LogP contribution is 2.18. The second-order valence-corrected chi connectivity index (χ2v) is 6.53. The van der Waals surface area contributed by atoms with Gasteiger partial charge in [0.05, 0.1) is 5.56 Å². The molecule has 0 bridgehead atoms. The molecule has 0 fully saturated rings. The highest BCUT2D eigenvalue weighted by molar-refractivity contribution is 6.05. The average molecular weight is 360 g/mol. The van der Waals surface area contributed by atoms with E-state index in [9.17, 15) is 4.79 Å². The summed E-state index contributed by atoms with van der Waals surface area (Å²) in [5.74, 6) is 0.403. The van der Waals surface area contributed by atoms with Crippen LogP contribution in [-0.4, -0.2) is 22.4 Å². The molecule has 0 aliphatic rings. The quantitative estimate of drug-likeness (QED) is 0.709. The fraction of sp³-hybridized carbons (Fsp3) is 0.227. The summed E-state index contributed by atoms with van der Waals surface area (Å²) in [6.45, 7) is 7.25. The number of nitrogens with one attached hydrogen (secondary N) is 1. The molecule has 3 aromatic rings. The van der Waals surface area contributed by atoms with Crippen LogP contribution in [0.1, 0.15) is 34.0 Å². The monoisotopic (exact) mass is 360 g/mol. The summed E-state index contributed by atoms with van der Waals surface area (Å²) in [5, 5.41) is 3.19. The van der Waals surface area contributed by atoms with Gasteiger partial charge in [0.2, 0.25) is 5.95 Å². The van der Waals surface area contributed by atoms with Crippen LogP contribution in [0.25, 0.3) is 0 Å². The molecule has 1 aromatic heterocycles. The first-order valence-corrected chi connectivity index (χ1v) is 9.07. The van der Waals surface area contributed by atoms with E-state index in [2.05, 4.69) is 40.4 Å². The van der Waals surface area contributed by atoms with E-state index in [0.717, 1.165) is 16.8 Å². The molecule has 0 atom stereocenters. The Labute approximate surface area is 160 Å². The lowest BCUT2D eigenvalue weighted by Crippen LogP contribution is -2.30. The number of carbonyl (C=O) groups excluding carboxylic acids is 1. The molecule has 2 aromatic carbocycles. The van der Waals surface area contributed by atoms with Gasteiger partial charge in [-0.2, -0.15) is 0 Å². The fourth-order valence-corrected chi connectivity index (χ4v) is 2.93. The molecule has 0 radical (unpaired) electrons. The molecule has 3 rings (SSSR count). The van der Waals surface area contributed by atoms with Crippen LogP contribution in [0.5, 0.6) is 0 Å². The summed E-state index contributed by atoms with van der Waals surface area (Å²) >= 11 is 0. The van der Waals surface area contributed by atoms with Gasteiger partial charge in [0.15, 0.2) is 0 Å². The van der Waals surface area contributed by atoms with Crippen LogP contribution in [-0.2, 0) is 6.54 Å². The Balaban J connectivity index is 1.69. The topological polar surface area (TPSA) is 58.1 Å². The van der Waals surface area contributed by atoms with Gasteiger partial charge in [0.25, 0.3) is 5.91 Å². The molecule has 5 heteroatoms. The highest BCUT2D eigenvalue weighted by Gasteiger charge is 2.17. The molecule has 0 saturated heterocycles. The van der Waals surface area contributed by atoms with E-state index in [-0.39, 0.29) is 5.91 Å². The highest BCUT2D eigenvalue weighted by atomic mass is 16.2. The lowest BCUT2D eigenvalue weighted by molar-refractivity contribution is 0.0987. The minimum atomic E-state index is -0.103. The summed E-state index contributed by atoms with van der Waals surface area (Å²) in [6.07, 6.45) is 3.15. The molecule has 0 aliphatic carbocycles. The van der Waals surface area contributed by atoms with Crippen molar-refractivity contribution in [1.29, 1.82) is 0 Å². The molecular weight excluding hydrogens is 336 g/mol. The third kappa shape index (κ3) is 4.70. The van der Waals surface area contributed by atoms with Crippen LogP contribution in [0.2, 0.25) is 0 Å². The number of hydrogen-bond donors (Lipinski definition) is 1. The zero-order valence-electron chi connectivity index (χ0n) is 15.9. The number of nitrogens with zero attached hydrogens (tertiary/aromatic N) is 3. The zero-order valence-corrected chi connectivity index (χ0v) is 15.9. The van der Waals surface area contributed by atoms with Crippen molar-refractivity contribution in [3.05, 3.63) is 83.2 Å². The Kier molecular flexibility index (Phi) is 5.81. The number of aromatic nitrogens is 2. The lowest BCUT2D eigenvalue weighted by Gasteiger charge is -2.21. The van der Waals surface area contributed by atoms with Crippen molar-refractivity contribution in [2.45, 2.75) is 27.3 Å².